The van der Waals surface area contributed by atoms with Crippen LogP contribution >= 0.6 is 0 Å². The average Bonchev–Trinajstić information content (AvgIpc) is 3.90. The van der Waals surface area contributed by atoms with Gasteiger partial charge in [0.25, 0.3) is 5.91 Å². The number of hydrogen-bond donors (Lipinski definition) is 2. The minimum absolute atomic E-state index is 0.164. The number of nitrogens with one attached hydrogen (secondary N) is 1. The number of benzene rings is 3. The Bertz CT molecular complexity index is 2320. The molecule has 0 saturated carbocycles. The summed E-state index contributed by atoms with van der Waals surface area (Å²) in [4.78, 5) is 21.3. The third-order valence-corrected chi connectivity index (χ3v) is 7.52. The molecule has 3 N–H and O–H groups in total. The van der Waals surface area contributed by atoms with Crippen molar-refractivity contribution < 1.29 is 23.7 Å². The predicted octanol–water partition coefficient (Wildman–Crippen LogP) is 7.11. The molecule has 254 valence electrons. The topological polar surface area (TPSA) is 153 Å². The minimum atomic E-state index is -0.252. The summed E-state index contributed by atoms with van der Waals surface area (Å²) in [6, 6.07) is 26.9. The Morgan fingerprint density at radius 1 is 0.706 bits per heavy atom. The Morgan fingerprint density at radius 2 is 1.29 bits per heavy atom. The van der Waals surface area contributed by atoms with Crippen molar-refractivity contribution in [1.29, 1.82) is 0 Å². The number of carbonyl (C=O) groups is 1. The number of ether oxygens (including phenoxy) is 4. The molecule has 13 nitrogen and oxygen atoms in total. The number of fused-ring (bicyclic) bond motifs is 1. The fraction of sp³-hybridized carbons (Fsp3) is 0.0789. The van der Waals surface area contributed by atoms with E-state index in [2.05, 4.69) is 25.5 Å². The molecule has 0 aliphatic carbocycles. The van der Waals surface area contributed by atoms with E-state index in [1.54, 1.807) is 76.6 Å². The number of pyridine rings is 2. The second kappa shape index (κ2) is 14.5. The number of amides is 1. The number of nitrogens with zero attached hydrogens (tertiary/aromatic N) is 6. The van der Waals surface area contributed by atoms with Gasteiger partial charge in [-0.15, -0.1) is 0 Å². The van der Waals surface area contributed by atoms with Crippen molar-refractivity contribution in [2.45, 2.75) is 0 Å². The number of aryl methyl sites for hydroxylation is 2. The van der Waals surface area contributed by atoms with E-state index in [1.165, 1.54) is 0 Å². The molecule has 5 heterocycles. The summed E-state index contributed by atoms with van der Waals surface area (Å²) in [5.74, 6) is 3.58. The summed E-state index contributed by atoms with van der Waals surface area (Å²) in [5, 5.41) is 11.2. The second-order valence-corrected chi connectivity index (χ2v) is 11.4. The van der Waals surface area contributed by atoms with E-state index < -0.39 is 0 Å². The van der Waals surface area contributed by atoms with Crippen molar-refractivity contribution in [2.75, 3.05) is 17.8 Å². The molecular formula is C38H32N8O5. The molecule has 3 aromatic carbocycles. The van der Waals surface area contributed by atoms with Crippen LogP contribution in [0.15, 0.2) is 128 Å². The van der Waals surface area contributed by atoms with E-state index >= 15 is 0 Å². The Kier molecular flexibility index (Phi) is 9.24. The Morgan fingerprint density at radius 3 is 1.90 bits per heavy atom. The van der Waals surface area contributed by atoms with Gasteiger partial charge in [0.1, 0.15) is 23.0 Å². The summed E-state index contributed by atoms with van der Waals surface area (Å²) in [7, 11) is 3.73. The minimum Gasteiger partial charge on any atom is -0.457 e. The lowest BCUT2D eigenvalue weighted by Gasteiger charge is -2.10. The highest BCUT2D eigenvalue weighted by Crippen LogP contribution is 2.33. The van der Waals surface area contributed by atoms with Gasteiger partial charge >= 0.3 is 0 Å². The SMILES string of the molecule is Cn1cc(-c2cc(Oc3cccc(N)c3)ccn2)cn1.Cn1cc(-c2cc(Oc3cccc(NC(=O)c4ccc5c(c4)OCO5)c3)ccn2)cn1. The van der Waals surface area contributed by atoms with Crippen LogP contribution in [0.5, 0.6) is 34.5 Å². The van der Waals surface area contributed by atoms with E-state index in [1.807, 2.05) is 75.0 Å². The molecule has 51 heavy (non-hydrogen) atoms. The van der Waals surface area contributed by atoms with Crippen LogP contribution in [0.1, 0.15) is 10.4 Å². The van der Waals surface area contributed by atoms with Crippen molar-refractivity contribution in [3.63, 3.8) is 0 Å². The largest absolute Gasteiger partial charge is 0.457 e. The van der Waals surface area contributed by atoms with Crippen LogP contribution in [0.2, 0.25) is 0 Å². The Balaban J connectivity index is 0.000000175. The molecule has 0 spiro atoms. The summed E-state index contributed by atoms with van der Waals surface area (Å²) in [6.45, 7) is 0.164. The zero-order chi connectivity index (χ0) is 35.2. The molecule has 7 aromatic rings. The van der Waals surface area contributed by atoms with Crippen molar-refractivity contribution in [1.82, 2.24) is 29.5 Å². The van der Waals surface area contributed by atoms with E-state index in [0.717, 1.165) is 22.5 Å². The molecule has 0 bridgehead atoms. The highest BCUT2D eigenvalue weighted by molar-refractivity contribution is 6.04. The smallest absolute Gasteiger partial charge is 0.255 e. The standard InChI is InChI=1S/C23H18N4O4.C15H14N4O/c1-27-13-16(12-25-27)20-11-19(7-8-24-20)31-18-4-2-3-17(10-18)26-23(28)15-5-6-21-22(9-15)30-14-29-21;1-19-10-11(9-18-19)15-8-14(5-6-17-15)20-13-4-2-3-12(16)7-13/h2-13H,14H2,1H3,(H,26,28);2-10H,16H2,1H3. The molecular weight excluding hydrogens is 648 g/mol. The fourth-order valence-corrected chi connectivity index (χ4v) is 5.10. The normalized spacial score (nSPS) is 11.3. The van der Waals surface area contributed by atoms with Crippen LogP contribution in [0.4, 0.5) is 11.4 Å². The zero-order valence-corrected chi connectivity index (χ0v) is 27.6. The zero-order valence-electron chi connectivity index (χ0n) is 27.6. The van der Waals surface area contributed by atoms with E-state index in [-0.39, 0.29) is 12.7 Å². The molecule has 0 fully saturated rings. The van der Waals surface area contributed by atoms with Crippen LogP contribution in [0.25, 0.3) is 22.5 Å². The van der Waals surface area contributed by atoms with Crippen LogP contribution < -0.4 is 30.0 Å². The maximum absolute atomic E-state index is 12.6. The van der Waals surface area contributed by atoms with Gasteiger partial charge in [-0.3, -0.25) is 24.1 Å². The van der Waals surface area contributed by atoms with Crippen molar-refractivity contribution >= 4 is 17.3 Å². The highest BCUT2D eigenvalue weighted by Gasteiger charge is 2.16. The van der Waals surface area contributed by atoms with Gasteiger partial charge in [-0.25, -0.2) is 0 Å². The van der Waals surface area contributed by atoms with Gasteiger partial charge in [0.15, 0.2) is 11.5 Å². The van der Waals surface area contributed by atoms with Crippen LogP contribution in [0.3, 0.4) is 0 Å². The molecule has 0 atom stereocenters. The number of aromatic nitrogens is 6. The van der Waals surface area contributed by atoms with Gasteiger partial charge in [-0.2, -0.15) is 10.2 Å². The number of nitrogen functional groups attached to an aromatic ring is 1. The fourth-order valence-electron chi connectivity index (χ4n) is 5.10. The molecule has 0 radical (unpaired) electrons. The first-order chi connectivity index (χ1) is 24.8. The summed E-state index contributed by atoms with van der Waals surface area (Å²) in [5.41, 5.74) is 10.9. The number of carbonyl (C=O) groups excluding carboxylic acids is 1. The monoisotopic (exact) mass is 680 g/mol. The lowest BCUT2D eigenvalue weighted by Crippen LogP contribution is -2.11. The molecule has 8 rings (SSSR count). The van der Waals surface area contributed by atoms with Gasteiger partial charge in [-0.1, -0.05) is 12.1 Å². The Labute approximate surface area is 292 Å². The molecule has 0 saturated heterocycles. The van der Waals surface area contributed by atoms with E-state index in [9.17, 15) is 4.79 Å². The van der Waals surface area contributed by atoms with Gasteiger partial charge < -0.3 is 30.0 Å². The second-order valence-electron chi connectivity index (χ2n) is 11.4. The predicted molar refractivity (Wildman–Crippen MR) is 191 cm³/mol. The van der Waals surface area contributed by atoms with Crippen molar-refractivity contribution in [3.8, 4) is 57.0 Å². The number of anilines is 2. The summed E-state index contributed by atoms with van der Waals surface area (Å²) in [6.07, 6.45) is 10.7. The molecule has 1 amide bonds. The maximum Gasteiger partial charge on any atom is 0.255 e. The first-order valence-corrected chi connectivity index (χ1v) is 15.8. The molecule has 0 unspecified atom stereocenters. The number of hydrogen-bond acceptors (Lipinski definition) is 10. The van der Waals surface area contributed by atoms with Crippen molar-refractivity contribution in [3.05, 3.63) is 134 Å². The third kappa shape index (κ3) is 8.12. The maximum atomic E-state index is 12.6. The van der Waals surface area contributed by atoms with Gasteiger partial charge in [0, 0.05) is 91.2 Å². The van der Waals surface area contributed by atoms with Crippen LogP contribution in [-0.2, 0) is 14.1 Å². The third-order valence-electron chi connectivity index (χ3n) is 7.52. The Hall–Kier alpha value is -7.15. The lowest BCUT2D eigenvalue weighted by molar-refractivity contribution is 0.102. The van der Waals surface area contributed by atoms with E-state index in [4.69, 9.17) is 24.7 Å². The van der Waals surface area contributed by atoms with Crippen molar-refractivity contribution in [2.24, 2.45) is 14.1 Å². The van der Waals surface area contributed by atoms with Gasteiger partial charge in [-0.05, 0) is 54.6 Å². The highest BCUT2D eigenvalue weighted by atomic mass is 16.7. The van der Waals surface area contributed by atoms with Gasteiger partial charge in [0.2, 0.25) is 6.79 Å². The first kappa shape index (κ1) is 32.4. The first-order valence-electron chi connectivity index (χ1n) is 15.8. The quantitative estimate of drug-likeness (QED) is 0.159. The van der Waals surface area contributed by atoms with Crippen LogP contribution in [0, 0.1) is 0 Å². The van der Waals surface area contributed by atoms with Gasteiger partial charge in [0.05, 0.1) is 23.8 Å². The average molecular weight is 681 g/mol. The van der Waals surface area contributed by atoms with E-state index in [0.29, 0.717) is 51.4 Å². The molecule has 4 aromatic heterocycles. The summed E-state index contributed by atoms with van der Waals surface area (Å²) < 4.78 is 25.8. The number of rotatable bonds is 8. The summed E-state index contributed by atoms with van der Waals surface area (Å²) >= 11 is 0. The molecule has 1 aliphatic heterocycles. The van der Waals surface area contributed by atoms with Crippen LogP contribution in [-0.4, -0.2) is 42.2 Å². The molecule has 13 heteroatoms. The number of nitrogens with two attached hydrogens (primary N) is 1. The lowest BCUT2D eigenvalue weighted by atomic mass is 10.2. The molecule has 1 aliphatic rings.